The van der Waals surface area contributed by atoms with Crippen molar-refractivity contribution in [1.29, 1.82) is 0 Å². The van der Waals surface area contributed by atoms with Crippen molar-refractivity contribution in [3.05, 3.63) is 48.4 Å². The first kappa shape index (κ1) is 23.2. The number of anilines is 1. The number of rotatable bonds is 5. The largest absolute Gasteiger partial charge is 0.355 e. The predicted molar refractivity (Wildman–Crippen MR) is 141 cm³/mol. The lowest BCUT2D eigenvalue weighted by Crippen LogP contribution is -2.30. The number of likely N-dealkylation sites (tertiary alicyclic amines) is 1. The van der Waals surface area contributed by atoms with Crippen molar-refractivity contribution >= 4 is 27.9 Å². The summed E-state index contributed by atoms with van der Waals surface area (Å²) < 4.78 is 27.3. The number of hydrogen-bond donors (Lipinski definition) is 2. The van der Waals surface area contributed by atoms with Crippen molar-refractivity contribution in [3.8, 4) is 22.8 Å². The van der Waals surface area contributed by atoms with Crippen LogP contribution in [0.2, 0.25) is 0 Å². The summed E-state index contributed by atoms with van der Waals surface area (Å²) in [6.45, 7) is 2.57. The maximum atomic E-state index is 13.6. The molecule has 7 rings (SSSR count). The molecule has 7 heterocycles. The quantitative estimate of drug-likeness (QED) is 0.347. The minimum Gasteiger partial charge on any atom is -0.355 e. The van der Waals surface area contributed by atoms with E-state index in [4.69, 9.17) is 9.97 Å². The van der Waals surface area contributed by atoms with Crippen molar-refractivity contribution in [2.75, 3.05) is 31.1 Å². The molecule has 2 saturated heterocycles. The molecular weight excluding hydrogens is 488 g/mol. The molecule has 2 fully saturated rings. The molecule has 0 atom stereocenters. The van der Waals surface area contributed by atoms with Crippen LogP contribution in [0.3, 0.4) is 0 Å². The Morgan fingerprint density at radius 1 is 0.947 bits per heavy atom. The molecule has 0 bridgehead atoms. The highest BCUT2D eigenvalue weighted by molar-refractivity contribution is 5.93. The van der Waals surface area contributed by atoms with Crippen LogP contribution in [-0.2, 0) is 6.54 Å². The molecular formula is C27H27F2N9. The van der Waals surface area contributed by atoms with Gasteiger partial charge >= 0.3 is 0 Å². The summed E-state index contributed by atoms with van der Waals surface area (Å²) in [6.07, 6.45) is 8.75. The van der Waals surface area contributed by atoms with E-state index in [-0.39, 0.29) is 13.0 Å². The van der Waals surface area contributed by atoms with Gasteiger partial charge in [0, 0.05) is 56.8 Å². The van der Waals surface area contributed by atoms with E-state index in [0.29, 0.717) is 30.1 Å². The molecule has 0 radical (unpaired) electrons. The lowest BCUT2D eigenvalue weighted by Gasteiger charge is -2.27. The molecule has 11 heteroatoms. The smallest absolute Gasteiger partial charge is 0.261 e. The Morgan fingerprint density at radius 3 is 2.68 bits per heavy atom. The SMILES string of the molecule is FC1(F)CCN(Cc2cncc(-c3ccc4[nH]nc(-c5nc6c(N7CCCCC7)nccc6[nH]5)c4n3)c2)C1. The molecule has 0 aromatic carbocycles. The van der Waals surface area contributed by atoms with E-state index in [9.17, 15) is 8.78 Å². The molecule has 5 aromatic rings. The van der Waals surface area contributed by atoms with Gasteiger partial charge in [-0.2, -0.15) is 5.10 Å². The van der Waals surface area contributed by atoms with Crippen LogP contribution >= 0.6 is 0 Å². The lowest BCUT2D eigenvalue weighted by molar-refractivity contribution is 0.0115. The number of aromatic nitrogens is 7. The summed E-state index contributed by atoms with van der Waals surface area (Å²) in [4.78, 5) is 26.3. The van der Waals surface area contributed by atoms with Crippen LogP contribution in [0.25, 0.3) is 44.8 Å². The van der Waals surface area contributed by atoms with E-state index < -0.39 is 5.92 Å². The number of hydrogen-bond acceptors (Lipinski definition) is 7. The van der Waals surface area contributed by atoms with Crippen LogP contribution in [0.15, 0.2) is 42.9 Å². The number of piperidine rings is 1. The first-order valence-electron chi connectivity index (χ1n) is 13.0. The fourth-order valence-corrected chi connectivity index (χ4v) is 5.51. The van der Waals surface area contributed by atoms with Crippen LogP contribution in [-0.4, -0.2) is 72.1 Å². The number of fused-ring (bicyclic) bond motifs is 2. The van der Waals surface area contributed by atoms with Gasteiger partial charge in [0.05, 0.1) is 23.3 Å². The van der Waals surface area contributed by atoms with Crippen LogP contribution in [0, 0.1) is 0 Å². The second kappa shape index (κ2) is 9.09. The predicted octanol–water partition coefficient (Wildman–Crippen LogP) is 4.79. The van der Waals surface area contributed by atoms with Gasteiger partial charge in [0.25, 0.3) is 5.92 Å². The number of imidazole rings is 1. The third-order valence-electron chi connectivity index (χ3n) is 7.41. The third kappa shape index (κ3) is 4.26. The topological polar surface area (TPSA) is 103 Å². The maximum Gasteiger partial charge on any atom is 0.261 e. The second-order valence-electron chi connectivity index (χ2n) is 10.2. The Bertz CT molecular complexity index is 1620. The zero-order valence-electron chi connectivity index (χ0n) is 20.8. The molecule has 0 aliphatic carbocycles. The minimum absolute atomic E-state index is 0.0982. The van der Waals surface area contributed by atoms with Gasteiger partial charge in [-0.3, -0.25) is 15.0 Å². The van der Waals surface area contributed by atoms with Crippen molar-refractivity contribution in [3.63, 3.8) is 0 Å². The lowest BCUT2D eigenvalue weighted by atomic mass is 10.1. The van der Waals surface area contributed by atoms with Gasteiger partial charge < -0.3 is 9.88 Å². The number of pyridine rings is 3. The number of H-pyrrole nitrogens is 2. The number of alkyl halides is 2. The number of nitrogens with one attached hydrogen (secondary N) is 2. The molecule has 2 N–H and O–H groups in total. The van der Waals surface area contributed by atoms with Crippen LogP contribution in [0.1, 0.15) is 31.2 Å². The van der Waals surface area contributed by atoms with Gasteiger partial charge in [-0.1, -0.05) is 0 Å². The standard InChI is InChI=1S/C27H27F2N9/c28-27(29)7-11-37(16-27)15-17-12-18(14-30-13-17)19-4-5-21-22(32-19)24(36-35-21)25-33-20-6-8-31-26(23(20)34-25)38-9-2-1-3-10-38/h4-6,8,12-14H,1-3,7,9-11,15-16H2,(H,33,34)(H,35,36). The first-order valence-corrected chi connectivity index (χ1v) is 13.0. The van der Waals surface area contributed by atoms with Gasteiger partial charge in [0.15, 0.2) is 17.3 Å². The van der Waals surface area contributed by atoms with Crippen LogP contribution < -0.4 is 4.90 Å². The first-order chi connectivity index (χ1) is 18.5. The number of nitrogens with zero attached hydrogens (tertiary/aromatic N) is 7. The van der Waals surface area contributed by atoms with E-state index in [1.807, 2.05) is 30.5 Å². The summed E-state index contributed by atoms with van der Waals surface area (Å²) in [5.74, 6) is -1.09. The van der Waals surface area contributed by atoms with Gasteiger partial charge in [-0.25, -0.2) is 23.7 Å². The van der Waals surface area contributed by atoms with Gasteiger partial charge in [0.2, 0.25) is 0 Å². The Kier molecular flexibility index (Phi) is 5.54. The van der Waals surface area contributed by atoms with E-state index >= 15 is 0 Å². The Labute approximate surface area is 217 Å². The van der Waals surface area contributed by atoms with Crippen molar-refractivity contribution in [1.82, 2.24) is 40.0 Å². The molecule has 5 aromatic heterocycles. The van der Waals surface area contributed by atoms with E-state index in [1.54, 1.807) is 17.3 Å². The molecule has 194 valence electrons. The highest BCUT2D eigenvalue weighted by atomic mass is 19.3. The number of aromatic amines is 2. The molecule has 2 aliphatic rings. The molecule has 9 nitrogen and oxygen atoms in total. The maximum absolute atomic E-state index is 13.6. The average Bonchev–Trinajstić information content (AvgIpc) is 3.64. The monoisotopic (exact) mass is 515 g/mol. The molecule has 2 aliphatic heterocycles. The minimum atomic E-state index is -2.61. The van der Waals surface area contributed by atoms with Crippen LogP contribution in [0.5, 0.6) is 0 Å². The normalized spacial score (nSPS) is 18.1. The number of halogens is 2. The summed E-state index contributed by atoms with van der Waals surface area (Å²) in [6, 6.07) is 7.74. The van der Waals surface area contributed by atoms with Gasteiger partial charge in [0.1, 0.15) is 11.0 Å². The summed E-state index contributed by atoms with van der Waals surface area (Å²) in [7, 11) is 0. The van der Waals surface area contributed by atoms with Crippen LogP contribution in [0.4, 0.5) is 14.6 Å². The molecule has 0 saturated carbocycles. The van der Waals surface area contributed by atoms with Gasteiger partial charge in [-0.05, 0) is 49.1 Å². The molecule has 0 amide bonds. The van der Waals surface area contributed by atoms with E-state index in [0.717, 1.165) is 65.1 Å². The van der Waals surface area contributed by atoms with Crippen molar-refractivity contribution in [2.24, 2.45) is 0 Å². The Balaban J connectivity index is 1.22. The highest BCUT2D eigenvalue weighted by Gasteiger charge is 2.37. The van der Waals surface area contributed by atoms with Crippen molar-refractivity contribution < 1.29 is 8.78 Å². The van der Waals surface area contributed by atoms with Crippen molar-refractivity contribution in [2.45, 2.75) is 38.2 Å². The molecule has 0 unspecified atom stereocenters. The summed E-state index contributed by atoms with van der Waals surface area (Å²) in [5, 5.41) is 7.59. The van der Waals surface area contributed by atoms with E-state index in [2.05, 4.69) is 30.0 Å². The van der Waals surface area contributed by atoms with E-state index in [1.165, 1.54) is 6.42 Å². The zero-order valence-corrected chi connectivity index (χ0v) is 20.8. The summed E-state index contributed by atoms with van der Waals surface area (Å²) in [5.41, 5.74) is 6.29. The van der Waals surface area contributed by atoms with Gasteiger partial charge in [-0.15, -0.1) is 0 Å². The Hall–Kier alpha value is -3.99. The Morgan fingerprint density at radius 2 is 1.84 bits per heavy atom. The second-order valence-corrected chi connectivity index (χ2v) is 10.2. The fraction of sp³-hybridized carbons (Fsp3) is 0.370. The zero-order chi connectivity index (χ0) is 25.7. The molecule has 38 heavy (non-hydrogen) atoms. The molecule has 0 spiro atoms. The fourth-order valence-electron chi connectivity index (χ4n) is 5.51. The average molecular weight is 516 g/mol. The summed E-state index contributed by atoms with van der Waals surface area (Å²) >= 11 is 0. The highest BCUT2D eigenvalue weighted by Crippen LogP contribution is 2.32. The third-order valence-corrected chi connectivity index (χ3v) is 7.41.